The Morgan fingerprint density at radius 1 is 1.30 bits per heavy atom. The van der Waals surface area contributed by atoms with Crippen LogP contribution in [0.15, 0.2) is 18.5 Å². The van der Waals surface area contributed by atoms with Crippen molar-refractivity contribution in [2.24, 2.45) is 0 Å². The van der Waals surface area contributed by atoms with Crippen LogP contribution in [0.25, 0.3) is 0 Å². The Morgan fingerprint density at radius 3 is 2.60 bits per heavy atom. The molecule has 1 aromatic heterocycles. The highest BCUT2D eigenvalue weighted by Gasteiger charge is 2.40. The van der Waals surface area contributed by atoms with Gasteiger partial charge in [0.2, 0.25) is 0 Å². The SMILES string of the molecule is CCNCc1ccncc1N(C)CC1(N(C)C)CCC1. The molecule has 0 aromatic carbocycles. The minimum Gasteiger partial charge on any atom is -0.371 e. The molecule has 4 heteroatoms. The monoisotopic (exact) mass is 276 g/mol. The van der Waals surface area contributed by atoms with Gasteiger partial charge in [-0.15, -0.1) is 0 Å². The van der Waals surface area contributed by atoms with Crippen LogP contribution in [-0.4, -0.2) is 49.7 Å². The molecule has 1 N–H and O–H groups in total. The summed E-state index contributed by atoms with van der Waals surface area (Å²) in [7, 11) is 6.60. The molecule has 0 radical (unpaired) electrons. The van der Waals surface area contributed by atoms with Crippen molar-refractivity contribution in [1.82, 2.24) is 15.2 Å². The van der Waals surface area contributed by atoms with Gasteiger partial charge in [0.15, 0.2) is 0 Å². The lowest BCUT2D eigenvalue weighted by atomic mass is 9.75. The molecule has 0 amide bonds. The molecule has 0 aliphatic heterocycles. The molecule has 20 heavy (non-hydrogen) atoms. The first-order chi connectivity index (χ1) is 9.59. The summed E-state index contributed by atoms with van der Waals surface area (Å²) in [4.78, 5) is 9.08. The van der Waals surface area contributed by atoms with E-state index in [1.54, 1.807) is 0 Å². The number of pyridine rings is 1. The smallest absolute Gasteiger partial charge is 0.0596 e. The van der Waals surface area contributed by atoms with E-state index in [2.05, 4.69) is 54.2 Å². The first-order valence-corrected chi connectivity index (χ1v) is 7.61. The van der Waals surface area contributed by atoms with Gasteiger partial charge in [-0.05, 0) is 51.5 Å². The molecule has 0 atom stereocenters. The average molecular weight is 276 g/mol. The molecule has 1 aliphatic rings. The van der Waals surface area contributed by atoms with E-state index in [1.807, 2.05) is 12.4 Å². The number of rotatable bonds is 7. The van der Waals surface area contributed by atoms with Crippen molar-refractivity contribution in [3.8, 4) is 0 Å². The maximum Gasteiger partial charge on any atom is 0.0596 e. The van der Waals surface area contributed by atoms with Crippen molar-refractivity contribution < 1.29 is 0 Å². The quantitative estimate of drug-likeness (QED) is 0.826. The Bertz CT molecular complexity index is 426. The number of likely N-dealkylation sites (N-methyl/N-ethyl adjacent to an activating group) is 2. The van der Waals surface area contributed by atoms with Crippen LogP contribution in [0.4, 0.5) is 5.69 Å². The van der Waals surface area contributed by atoms with E-state index < -0.39 is 0 Å². The van der Waals surface area contributed by atoms with E-state index in [9.17, 15) is 0 Å². The zero-order valence-corrected chi connectivity index (χ0v) is 13.3. The number of nitrogens with one attached hydrogen (secondary N) is 1. The Hall–Kier alpha value is -1.13. The molecule has 1 aliphatic carbocycles. The summed E-state index contributed by atoms with van der Waals surface area (Å²) in [5.41, 5.74) is 2.93. The molecule has 0 bridgehead atoms. The molecule has 0 unspecified atom stereocenters. The zero-order valence-electron chi connectivity index (χ0n) is 13.3. The summed E-state index contributed by atoms with van der Waals surface area (Å²) in [6, 6.07) is 2.12. The maximum atomic E-state index is 4.31. The van der Waals surface area contributed by atoms with Crippen LogP contribution in [0.1, 0.15) is 31.7 Å². The van der Waals surface area contributed by atoms with Crippen LogP contribution in [-0.2, 0) is 6.54 Å². The van der Waals surface area contributed by atoms with Crippen molar-refractivity contribution in [2.75, 3.05) is 39.1 Å². The highest BCUT2D eigenvalue weighted by molar-refractivity contribution is 5.51. The summed E-state index contributed by atoms with van der Waals surface area (Å²) in [6.07, 6.45) is 7.83. The van der Waals surface area contributed by atoms with Crippen LogP contribution in [0, 0.1) is 0 Å². The summed E-state index contributed by atoms with van der Waals surface area (Å²) >= 11 is 0. The molecule has 1 aromatic rings. The highest BCUT2D eigenvalue weighted by atomic mass is 15.2. The molecular formula is C16H28N4. The average Bonchev–Trinajstić information content (AvgIpc) is 2.40. The zero-order chi connectivity index (χ0) is 14.6. The van der Waals surface area contributed by atoms with E-state index in [-0.39, 0.29) is 0 Å². The van der Waals surface area contributed by atoms with Gasteiger partial charge in [0, 0.05) is 31.9 Å². The summed E-state index contributed by atoms with van der Waals surface area (Å²) in [6.45, 7) is 5.12. The molecule has 2 rings (SSSR count). The Morgan fingerprint density at radius 2 is 2.05 bits per heavy atom. The molecule has 0 spiro atoms. The number of hydrogen-bond acceptors (Lipinski definition) is 4. The van der Waals surface area contributed by atoms with Crippen LogP contribution >= 0.6 is 0 Å². The van der Waals surface area contributed by atoms with Crippen LogP contribution in [0.3, 0.4) is 0 Å². The number of hydrogen-bond donors (Lipinski definition) is 1. The summed E-state index contributed by atoms with van der Waals surface area (Å²) in [5, 5.41) is 3.41. The fourth-order valence-electron chi connectivity index (χ4n) is 3.03. The molecule has 1 saturated carbocycles. The maximum absolute atomic E-state index is 4.31. The third-order valence-corrected chi connectivity index (χ3v) is 4.63. The lowest BCUT2D eigenvalue weighted by Gasteiger charge is -2.49. The minimum atomic E-state index is 0.347. The van der Waals surface area contributed by atoms with E-state index in [4.69, 9.17) is 0 Å². The Kier molecular flexibility index (Phi) is 5.00. The van der Waals surface area contributed by atoms with Crippen LogP contribution in [0.5, 0.6) is 0 Å². The normalized spacial score (nSPS) is 17.1. The highest BCUT2D eigenvalue weighted by Crippen LogP contribution is 2.37. The fraction of sp³-hybridized carbons (Fsp3) is 0.688. The Balaban J connectivity index is 2.10. The lowest BCUT2D eigenvalue weighted by Crippen LogP contribution is -2.56. The van der Waals surface area contributed by atoms with Crippen molar-refractivity contribution in [2.45, 2.75) is 38.3 Å². The third-order valence-electron chi connectivity index (χ3n) is 4.63. The van der Waals surface area contributed by atoms with Gasteiger partial charge in [-0.1, -0.05) is 6.92 Å². The predicted molar refractivity (Wildman–Crippen MR) is 85.2 cm³/mol. The van der Waals surface area contributed by atoms with Crippen LogP contribution < -0.4 is 10.2 Å². The van der Waals surface area contributed by atoms with Gasteiger partial charge >= 0.3 is 0 Å². The topological polar surface area (TPSA) is 31.4 Å². The van der Waals surface area contributed by atoms with Crippen LogP contribution in [0.2, 0.25) is 0 Å². The molecular weight excluding hydrogens is 248 g/mol. The van der Waals surface area contributed by atoms with Crippen molar-refractivity contribution >= 4 is 5.69 Å². The largest absolute Gasteiger partial charge is 0.371 e. The van der Waals surface area contributed by atoms with Crippen molar-refractivity contribution in [1.29, 1.82) is 0 Å². The molecule has 1 heterocycles. The number of nitrogens with zero attached hydrogens (tertiary/aromatic N) is 3. The summed E-state index contributed by atoms with van der Waals surface area (Å²) in [5.74, 6) is 0. The van der Waals surface area contributed by atoms with Gasteiger partial charge in [0.1, 0.15) is 0 Å². The second-order valence-corrected chi connectivity index (χ2v) is 6.11. The van der Waals surface area contributed by atoms with Gasteiger partial charge in [0.25, 0.3) is 0 Å². The molecule has 4 nitrogen and oxygen atoms in total. The minimum absolute atomic E-state index is 0.347. The number of aromatic nitrogens is 1. The second-order valence-electron chi connectivity index (χ2n) is 6.11. The van der Waals surface area contributed by atoms with Gasteiger partial charge in [-0.2, -0.15) is 0 Å². The second kappa shape index (κ2) is 6.55. The van der Waals surface area contributed by atoms with E-state index in [0.29, 0.717) is 5.54 Å². The Labute approximate surface area is 123 Å². The first-order valence-electron chi connectivity index (χ1n) is 7.61. The van der Waals surface area contributed by atoms with Crippen molar-refractivity contribution in [3.63, 3.8) is 0 Å². The molecule has 1 fully saturated rings. The molecule has 0 saturated heterocycles. The summed E-state index contributed by atoms with van der Waals surface area (Å²) < 4.78 is 0. The third kappa shape index (κ3) is 3.13. The predicted octanol–water partition coefficient (Wildman–Crippen LogP) is 2.11. The molecule has 112 valence electrons. The van der Waals surface area contributed by atoms with Gasteiger partial charge in [0.05, 0.1) is 11.9 Å². The lowest BCUT2D eigenvalue weighted by molar-refractivity contribution is 0.0683. The number of anilines is 1. The standard InChI is InChI=1S/C16H28N4/c1-5-17-11-14-7-10-18-12-15(14)20(4)13-16(19(2)3)8-6-9-16/h7,10,12,17H,5-6,8-9,11,13H2,1-4H3. The van der Waals surface area contributed by atoms with Crippen molar-refractivity contribution in [3.05, 3.63) is 24.0 Å². The van der Waals surface area contributed by atoms with E-state index in [1.165, 1.54) is 30.5 Å². The van der Waals surface area contributed by atoms with Gasteiger partial charge in [-0.3, -0.25) is 4.98 Å². The first kappa shape index (κ1) is 15.3. The van der Waals surface area contributed by atoms with E-state index >= 15 is 0 Å². The van der Waals surface area contributed by atoms with E-state index in [0.717, 1.165) is 19.6 Å². The van der Waals surface area contributed by atoms with Gasteiger partial charge < -0.3 is 15.1 Å². The van der Waals surface area contributed by atoms with Gasteiger partial charge in [-0.25, -0.2) is 0 Å². The fourth-order valence-corrected chi connectivity index (χ4v) is 3.03.